The highest BCUT2D eigenvalue weighted by Gasteiger charge is 2.17. The summed E-state index contributed by atoms with van der Waals surface area (Å²) in [5.41, 5.74) is 7.45. The Hall–Kier alpha value is -2.12. The molecule has 0 aliphatic carbocycles. The van der Waals surface area contributed by atoms with E-state index in [-0.39, 0.29) is 5.91 Å². The van der Waals surface area contributed by atoms with Gasteiger partial charge in [-0.05, 0) is 25.1 Å². The van der Waals surface area contributed by atoms with E-state index in [2.05, 4.69) is 10.3 Å². The number of aryl methyl sites for hydroxylation is 1. The van der Waals surface area contributed by atoms with Crippen molar-refractivity contribution in [2.45, 2.75) is 6.92 Å². The van der Waals surface area contributed by atoms with E-state index in [9.17, 15) is 4.79 Å². The molecule has 0 unspecified atom stereocenters. The zero-order chi connectivity index (χ0) is 15.0. The van der Waals surface area contributed by atoms with E-state index in [1.165, 1.54) is 22.7 Å². The van der Waals surface area contributed by atoms with Gasteiger partial charge in [-0.25, -0.2) is 4.98 Å². The summed E-state index contributed by atoms with van der Waals surface area (Å²) in [5, 5.41) is 6.10. The van der Waals surface area contributed by atoms with Crippen LogP contribution in [0.1, 0.15) is 15.4 Å². The van der Waals surface area contributed by atoms with Crippen molar-refractivity contribution in [3.63, 3.8) is 0 Å². The lowest BCUT2D eigenvalue weighted by atomic mass is 10.2. The molecule has 2 aromatic heterocycles. The fourth-order valence-corrected chi connectivity index (χ4v) is 3.69. The van der Waals surface area contributed by atoms with Crippen LogP contribution in [0.3, 0.4) is 0 Å². The van der Waals surface area contributed by atoms with Gasteiger partial charge in [0.25, 0.3) is 5.91 Å². The maximum atomic E-state index is 12.3. The lowest BCUT2D eigenvalue weighted by molar-refractivity contribution is 0.103. The summed E-state index contributed by atoms with van der Waals surface area (Å²) in [5.74, 6) is 0.508. The number of benzene rings is 1. The summed E-state index contributed by atoms with van der Waals surface area (Å²) in [6.07, 6.45) is 0. The number of hydrogen-bond donors (Lipinski definition) is 2. The number of nitrogens with two attached hydrogens (primary N) is 1. The molecular weight excluding hydrogens is 306 g/mol. The minimum absolute atomic E-state index is 0.234. The first-order valence-corrected chi connectivity index (χ1v) is 7.87. The van der Waals surface area contributed by atoms with Gasteiger partial charge in [-0.1, -0.05) is 0 Å². The maximum absolute atomic E-state index is 12.3. The maximum Gasteiger partial charge on any atom is 0.269 e. The van der Waals surface area contributed by atoms with Crippen LogP contribution in [0, 0.1) is 6.92 Å². The zero-order valence-corrected chi connectivity index (χ0v) is 13.1. The van der Waals surface area contributed by atoms with Gasteiger partial charge in [0.2, 0.25) is 0 Å². The zero-order valence-electron chi connectivity index (χ0n) is 11.5. The Labute approximate surface area is 129 Å². The summed E-state index contributed by atoms with van der Waals surface area (Å²) in [7, 11) is 1.61. The van der Waals surface area contributed by atoms with Crippen LogP contribution in [0.25, 0.3) is 10.1 Å². The van der Waals surface area contributed by atoms with Crippen LogP contribution < -0.4 is 15.8 Å². The van der Waals surface area contributed by atoms with Gasteiger partial charge in [0.05, 0.1) is 18.5 Å². The molecule has 3 N–H and O–H groups in total. The predicted octanol–water partition coefficient (Wildman–Crippen LogP) is 3.51. The average Bonchev–Trinajstić information content (AvgIpc) is 3.02. The van der Waals surface area contributed by atoms with Crippen LogP contribution in [-0.4, -0.2) is 18.0 Å². The molecule has 0 aliphatic rings. The quantitative estimate of drug-likeness (QED) is 0.774. The van der Waals surface area contributed by atoms with Crippen LogP contribution >= 0.6 is 22.7 Å². The molecule has 0 radical (unpaired) electrons. The van der Waals surface area contributed by atoms with E-state index in [0.29, 0.717) is 15.7 Å². The molecule has 0 atom stereocenters. The number of nitrogens with zero attached hydrogens (tertiary/aromatic N) is 1. The van der Waals surface area contributed by atoms with Gasteiger partial charge in [0.1, 0.15) is 10.6 Å². The fraction of sp³-hybridized carbons (Fsp3) is 0.143. The lowest BCUT2D eigenvalue weighted by Crippen LogP contribution is -2.11. The number of rotatable bonds is 3. The first kappa shape index (κ1) is 13.8. The Morgan fingerprint density at radius 2 is 2.24 bits per heavy atom. The molecule has 108 valence electrons. The van der Waals surface area contributed by atoms with Gasteiger partial charge < -0.3 is 10.5 Å². The minimum Gasteiger partial charge on any atom is -0.497 e. The summed E-state index contributed by atoms with van der Waals surface area (Å²) in [6.45, 7) is 1.88. The topological polar surface area (TPSA) is 77.2 Å². The number of amides is 1. The Kier molecular flexibility index (Phi) is 3.52. The minimum atomic E-state index is -0.234. The molecule has 7 heteroatoms. The van der Waals surface area contributed by atoms with Crippen molar-refractivity contribution in [3.05, 3.63) is 34.2 Å². The Bertz CT molecular complexity index is 823. The predicted molar refractivity (Wildman–Crippen MR) is 87.6 cm³/mol. The normalized spacial score (nSPS) is 10.8. The second-order valence-corrected chi connectivity index (χ2v) is 6.37. The van der Waals surface area contributed by atoms with Crippen molar-refractivity contribution in [2.75, 3.05) is 18.2 Å². The molecule has 1 aromatic carbocycles. The molecule has 3 aromatic rings. The van der Waals surface area contributed by atoms with Crippen LogP contribution in [0.4, 0.5) is 10.8 Å². The average molecular weight is 319 g/mol. The standard InChI is InChI=1S/C14H13N3O2S2/c1-7-6-20-14(16-7)17-13(18)12-11(15)9-4-3-8(19-2)5-10(9)21-12/h3-6H,15H2,1-2H3,(H,16,17,18). The van der Waals surface area contributed by atoms with Crippen molar-refractivity contribution in [1.29, 1.82) is 0 Å². The summed E-state index contributed by atoms with van der Waals surface area (Å²) in [4.78, 5) is 17.0. The third kappa shape index (κ3) is 2.57. The van der Waals surface area contributed by atoms with Crippen molar-refractivity contribution in [3.8, 4) is 5.75 Å². The van der Waals surface area contributed by atoms with E-state index in [4.69, 9.17) is 10.5 Å². The van der Waals surface area contributed by atoms with E-state index in [0.717, 1.165) is 21.5 Å². The third-order valence-electron chi connectivity index (χ3n) is 2.98. The largest absolute Gasteiger partial charge is 0.497 e. The molecule has 0 bridgehead atoms. The molecular formula is C14H13N3O2S2. The summed E-state index contributed by atoms with van der Waals surface area (Å²) >= 11 is 2.74. The highest BCUT2D eigenvalue weighted by Crippen LogP contribution is 2.36. The number of hydrogen-bond acceptors (Lipinski definition) is 6. The first-order chi connectivity index (χ1) is 10.1. The van der Waals surface area contributed by atoms with Crippen LogP contribution in [0.15, 0.2) is 23.6 Å². The number of thiazole rings is 1. The van der Waals surface area contributed by atoms with Crippen molar-refractivity contribution >= 4 is 49.5 Å². The summed E-state index contributed by atoms with van der Waals surface area (Å²) in [6, 6.07) is 5.57. The van der Waals surface area contributed by atoms with Gasteiger partial charge in [-0.15, -0.1) is 22.7 Å². The van der Waals surface area contributed by atoms with Crippen molar-refractivity contribution in [1.82, 2.24) is 4.98 Å². The second-order valence-electron chi connectivity index (χ2n) is 4.46. The number of methoxy groups -OCH3 is 1. The molecule has 1 amide bonds. The number of ether oxygens (including phenoxy) is 1. The molecule has 5 nitrogen and oxygen atoms in total. The summed E-state index contributed by atoms with van der Waals surface area (Å²) < 4.78 is 6.11. The van der Waals surface area contributed by atoms with Gasteiger partial charge in [0, 0.05) is 15.5 Å². The van der Waals surface area contributed by atoms with Crippen molar-refractivity contribution < 1.29 is 9.53 Å². The van der Waals surface area contributed by atoms with E-state index in [1.807, 2.05) is 30.5 Å². The third-order valence-corrected chi connectivity index (χ3v) is 5.02. The Morgan fingerprint density at radius 1 is 1.43 bits per heavy atom. The molecule has 2 heterocycles. The lowest BCUT2D eigenvalue weighted by Gasteiger charge is -2.00. The van der Waals surface area contributed by atoms with E-state index >= 15 is 0 Å². The SMILES string of the molecule is COc1ccc2c(N)c(C(=O)Nc3nc(C)cs3)sc2c1. The number of nitrogen functional groups attached to an aromatic ring is 1. The molecule has 3 rings (SSSR count). The molecule has 0 spiro atoms. The first-order valence-electron chi connectivity index (χ1n) is 6.18. The number of thiophene rings is 1. The molecule has 0 saturated carbocycles. The van der Waals surface area contributed by atoms with Gasteiger partial charge >= 0.3 is 0 Å². The van der Waals surface area contributed by atoms with Crippen LogP contribution in [-0.2, 0) is 0 Å². The van der Waals surface area contributed by atoms with Gasteiger partial charge in [-0.3, -0.25) is 10.1 Å². The highest BCUT2D eigenvalue weighted by molar-refractivity contribution is 7.21. The Morgan fingerprint density at radius 3 is 2.90 bits per heavy atom. The number of carbonyl (C=O) groups excluding carboxylic acids is 1. The number of carbonyl (C=O) groups is 1. The van der Waals surface area contributed by atoms with Crippen LogP contribution in [0.2, 0.25) is 0 Å². The smallest absolute Gasteiger partial charge is 0.269 e. The number of nitrogens with one attached hydrogen (secondary N) is 1. The monoisotopic (exact) mass is 319 g/mol. The highest BCUT2D eigenvalue weighted by atomic mass is 32.1. The van der Waals surface area contributed by atoms with Crippen LogP contribution in [0.5, 0.6) is 5.75 Å². The molecule has 0 fully saturated rings. The van der Waals surface area contributed by atoms with E-state index < -0.39 is 0 Å². The Balaban J connectivity index is 1.96. The number of aromatic nitrogens is 1. The second kappa shape index (κ2) is 5.34. The van der Waals surface area contributed by atoms with E-state index in [1.54, 1.807) is 7.11 Å². The van der Waals surface area contributed by atoms with Gasteiger partial charge in [-0.2, -0.15) is 0 Å². The molecule has 21 heavy (non-hydrogen) atoms. The van der Waals surface area contributed by atoms with Crippen molar-refractivity contribution in [2.24, 2.45) is 0 Å². The number of fused-ring (bicyclic) bond motifs is 1. The molecule has 0 aliphatic heterocycles. The van der Waals surface area contributed by atoms with Gasteiger partial charge in [0.15, 0.2) is 5.13 Å². The fourth-order valence-electron chi connectivity index (χ4n) is 1.96. The number of anilines is 2. The molecule has 0 saturated heterocycles.